The molecule has 1 amide bonds. The number of aliphatic hydroxyl groups excluding tert-OH is 2. The molecule has 8 atom stereocenters. The van der Waals surface area contributed by atoms with Crippen molar-refractivity contribution in [3.8, 4) is 5.75 Å². The number of esters is 1. The number of amides is 1. The van der Waals surface area contributed by atoms with E-state index >= 15 is 0 Å². The molecule has 0 fully saturated rings. The number of allylic oxidation sites excluding steroid dienone is 2. The molecule has 0 aromatic heterocycles. The molecule has 0 saturated carbocycles. The first-order chi connectivity index (χ1) is 18.8. The van der Waals surface area contributed by atoms with E-state index in [4.69, 9.17) is 15.2 Å². The molecule has 2 rings (SSSR count). The number of fused-ring (bicyclic) bond motifs is 1. The summed E-state index contributed by atoms with van der Waals surface area (Å²) >= 11 is 0. The summed E-state index contributed by atoms with van der Waals surface area (Å²) in [6, 6.07) is 5.84. The number of rotatable bonds is 14. The molecule has 7 nitrogen and oxygen atoms in total. The van der Waals surface area contributed by atoms with E-state index in [0.717, 1.165) is 23.1 Å². The van der Waals surface area contributed by atoms with Crippen LogP contribution in [0.4, 0.5) is 4.79 Å². The molecular formula is C33H49NO6. The van der Waals surface area contributed by atoms with Gasteiger partial charge in [-0.1, -0.05) is 89.6 Å². The van der Waals surface area contributed by atoms with Crippen LogP contribution in [0.2, 0.25) is 0 Å². The second-order valence-electron chi connectivity index (χ2n) is 11.6. The Labute approximate surface area is 240 Å². The lowest BCUT2D eigenvalue weighted by molar-refractivity contribution is -0.135. The van der Waals surface area contributed by atoms with Gasteiger partial charge in [0.25, 0.3) is 0 Å². The van der Waals surface area contributed by atoms with Gasteiger partial charge in [-0.15, -0.1) is 0 Å². The number of carbonyl (C=O) groups is 2. The van der Waals surface area contributed by atoms with Crippen LogP contribution in [0.3, 0.4) is 0 Å². The second kappa shape index (κ2) is 15.8. The number of carbonyl (C=O) groups excluding carboxylic acids is 2. The maximum Gasteiger partial charge on any atom is 0.404 e. The molecule has 0 aliphatic carbocycles. The van der Waals surface area contributed by atoms with E-state index in [9.17, 15) is 19.8 Å². The fourth-order valence-corrected chi connectivity index (χ4v) is 5.49. The zero-order valence-electron chi connectivity index (χ0n) is 25.2. The summed E-state index contributed by atoms with van der Waals surface area (Å²) < 4.78 is 10.8. The molecule has 1 aliphatic heterocycles. The summed E-state index contributed by atoms with van der Waals surface area (Å²) in [5.74, 6) is -0.284. The van der Waals surface area contributed by atoms with Gasteiger partial charge in [-0.3, -0.25) is 4.79 Å². The number of hydrogen-bond acceptors (Lipinski definition) is 6. The third-order valence-corrected chi connectivity index (χ3v) is 7.86. The minimum Gasteiger partial charge on any atom is -0.445 e. The largest absolute Gasteiger partial charge is 0.445 e. The number of ether oxygens (including phenoxy) is 2. The van der Waals surface area contributed by atoms with Gasteiger partial charge in [0.15, 0.2) is 0 Å². The Morgan fingerprint density at radius 3 is 2.40 bits per heavy atom. The highest BCUT2D eigenvalue weighted by Crippen LogP contribution is 2.30. The molecule has 4 N–H and O–H groups in total. The smallest absolute Gasteiger partial charge is 0.404 e. The quantitative estimate of drug-likeness (QED) is 0.142. The first-order valence-electron chi connectivity index (χ1n) is 14.5. The molecule has 222 valence electrons. The Balaban J connectivity index is 1.99. The Hall–Kier alpha value is -2.90. The Bertz CT molecular complexity index is 1080. The van der Waals surface area contributed by atoms with Crippen molar-refractivity contribution in [2.24, 2.45) is 35.3 Å². The predicted octanol–water partition coefficient (Wildman–Crippen LogP) is 6.22. The van der Waals surface area contributed by atoms with E-state index in [1.165, 1.54) is 0 Å². The lowest BCUT2D eigenvalue weighted by atomic mass is 9.81. The van der Waals surface area contributed by atoms with Crippen molar-refractivity contribution in [1.29, 1.82) is 0 Å². The van der Waals surface area contributed by atoms with E-state index in [2.05, 4.69) is 6.08 Å². The monoisotopic (exact) mass is 555 g/mol. The van der Waals surface area contributed by atoms with Gasteiger partial charge in [0, 0.05) is 23.7 Å². The molecule has 0 spiro atoms. The minimum atomic E-state index is -0.842. The van der Waals surface area contributed by atoms with Crippen molar-refractivity contribution >= 4 is 18.1 Å². The van der Waals surface area contributed by atoms with E-state index in [0.29, 0.717) is 25.0 Å². The minimum absolute atomic E-state index is 0.0815. The maximum atomic E-state index is 11.6. The number of benzene rings is 1. The molecule has 1 aromatic carbocycles. The van der Waals surface area contributed by atoms with Crippen molar-refractivity contribution in [3.63, 3.8) is 0 Å². The standard InChI is InChI=1S/C33H49NO6/c1-8-9-10-22(4)32(40-33(34)38)25(7)31(37)24(6)18-20(2)17-23(5)30(36)21(3)11-12-26-13-14-27-15-16-29(35)39-28(27)19-26/h9-14,17,19,21-25,30-32,36-37H,8,15-16,18H2,1-7H3,(H2,34,38)/b10-9-,12-11-,20-17-/t21-,22-,23-,24-,25-,30-,31+,32-/m0/s1. The van der Waals surface area contributed by atoms with Crippen molar-refractivity contribution < 1.29 is 29.3 Å². The van der Waals surface area contributed by atoms with Gasteiger partial charge in [-0.25, -0.2) is 4.79 Å². The predicted molar refractivity (Wildman–Crippen MR) is 160 cm³/mol. The maximum absolute atomic E-state index is 11.6. The molecule has 0 saturated heterocycles. The number of primary amides is 1. The lowest BCUT2D eigenvalue weighted by Crippen LogP contribution is -2.41. The highest BCUT2D eigenvalue weighted by molar-refractivity contribution is 5.75. The zero-order valence-corrected chi connectivity index (χ0v) is 25.2. The van der Waals surface area contributed by atoms with Crippen LogP contribution in [-0.2, 0) is 16.0 Å². The number of aliphatic hydroxyl groups is 2. The molecule has 1 aromatic rings. The molecule has 0 bridgehead atoms. The molecule has 40 heavy (non-hydrogen) atoms. The molecule has 1 aliphatic rings. The second-order valence-corrected chi connectivity index (χ2v) is 11.6. The van der Waals surface area contributed by atoms with Crippen molar-refractivity contribution in [2.45, 2.75) is 92.5 Å². The van der Waals surface area contributed by atoms with E-state index in [-0.39, 0.29) is 35.6 Å². The highest BCUT2D eigenvalue weighted by Gasteiger charge is 2.33. The number of hydrogen-bond donors (Lipinski definition) is 3. The van der Waals surface area contributed by atoms with Crippen LogP contribution in [0.25, 0.3) is 6.08 Å². The van der Waals surface area contributed by atoms with Crippen LogP contribution < -0.4 is 10.5 Å². The first-order valence-corrected chi connectivity index (χ1v) is 14.5. The fraction of sp³-hybridized carbons (Fsp3) is 0.576. The molecule has 1 heterocycles. The van der Waals surface area contributed by atoms with Crippen LogP contribution in [0.5, 0.6) is 5.75 Å². The van der Waals surface area contributed by atoms with Crippen LogP contribution in [0.1, 0.15) is 78.9 Å². The lowest BCUT2D eigenvalue weighted by Gasteiger charge is -2.33. The highest BCUT2D eigenvalue weighted by atomic mass is 16.6. The van der Waals surface area contributed by atoms with Crippen molar-refractivity contribution in [2.75, 3.05) is 0 Å². The SMILES string of the molecule is CC/C=C\[C@H](C)[C@H](OC(N)=O)[C@@H](C)[C@H](O)[C@@H](C)C/C(C)=C\[C@H](C)[C@@H](O)[C@@H](C)/C=C\c1ccc2c(c1)OC(=O)CC2. The summed E-state index contributed by atoms with van der Waals surface area (Å²) in [4.78, 5) is 23.1. The number of aryl methyl sites for hydroxylation is 1. The summed E-state index contributed by atoms with van der Waals surface area (Å²) in [5, 5.41) is 22.1. The van der Waals surface area contributed by atoms with Gasteiger partial charge in [-0.05, 0) is 49.3 Å². The van der Waals surface area contributed by atoms with Gasteiger partial charge in [0.05, 0.1) is 18.6 Å². The fourth-order valence-electron chi connectivity index (χ4n) is 5.49. The summed E-state index contributed by atoms with van der Waals surface area (Å²) in [7, 11) is 0. The van der Waals surface area contributed by atoms with E-state index < -0.39 is 24.4 Å². The van der Waals surface area contributed by atoms with Crippen LogP contribution in [0, 0.1) is 29.6 Å². The van der Waals surface area contributed by atoms with Gasteiger partial charge in [0.1, 0.15) is 11.9 Å². The summed E-state index contributed by atoms with van der Waals surface area (Å²) in [5.41, 5.74) is 8.35. The normalized spacial score (nSPS) is 20.2. The van der Waals surface area contributed by atoms with Gasteiger partial charge < -0.3 is 25.4 Å². The topological polar surface area (TPSA) is 119 Å². The Morgan fingerprint density at radius 1 is 1.05 bits per heavy atom. The van der Waals surface area contributed by atoms with Gasteiger partial charge in [-0.2, -0.15) is 0 Å². The molecule has 0 unspecified atom stereocenters. The molecule has 0 radical (unpaired) electrons. The first kappa shape index (κ1) is 33.3. The summed E-state index contributed by atoms with van der Waals surface area (Å²) in [6.07, 6.45) is 9.93. The Kier molecular flexibility index (Phi) is 13.1. The average Bonchev–Trinajstić information content (AvgIpc) is 2.91. The van der Waals surface area contributed by atoms with E-state index in [1.54, 1.807) is 0 Å². The molecule has 7 heteroatoms. The zero-order chi connectivity index (χ0) is 30.0. The Morgan fingerprint density at radius 2 is 1.75 bits per heavy atom. The van der Waals surface area contributed by atoms with E-state index in [1.807, 2.05) is 91.0 Å². The van der Waals surface area contributed by atoms with Crippen LogP contribution in [-0.4, -0.2) is 40.6 Å². The molecular weight excluding hydrogens is 506 g/mol. The number of nitrogens with two attached hydrogens (primary N) is 1. The third-order valence-electron chi connectivity index (χ3n) is 7.86. The van der Waals surface area contributed by atoms with Crippen LogP contribution in [0.15, 0.2) is 48.1 Å². The average molecular weight is 556 g/mol. The van der Waals surface area contributed by atoms with Crippen LogP contribution >= 0.6 is 0 Å². The van der Waals surface area contributed by atoms with Crippen molar-refractivity contribution in [1.82, 2.24) is 0 Å². The van der Waals surface area contributed by atoms with Gasteiger partial charge in [0.2, 0.25) is 0 Å². The van der Waals surface area contributed by atoms with Crippen molar-refractivity contribution in [3.05, 3.63) is 59.2 Å². The van der Waals surface area contributed by atoms with Gasteiger partial charge >= 0.3 is 12.1 Å². The third kappa shape index (κ3) is 9.93. The summed E-state index contributed by atoms with van der Waals surface area (Å²) in [6.45, 7) is 13.8.